The second-order valence-electron chi connectivity index (χ2n) is 8.52. The van der Waals surface area contributed by atoms with E-state index in [4.69, 9.17) is 0 Å². The summed E-state index contributed by atoms with van der Waals surface area (Å²) in [6, 6.07) is 3.53. The average Bonchev–Trinajstić information content (AvgIpc) is 2.51. The highest BCUT2D eigenvalue weighted by molar-refractivity contribution is 5.10. The largest absolute Gasteiger partial charge is 0.302 e. The number of nitrogens with zero attached hydrogens (tertiary/aromatic N) is 4. The number of hydrogen-bond donors (Lipinski definition) is 0. The van der Waals surface area contributed by atoms with Crippen LogP contribution in [-0.2, 0) is 12.0 Å². The topological polar surface area (TPSA) is 41.4 Å². The van der Waals surface area contributed by atoms with Crippen LogP contribution in [0.2, 0.25) is 0 Å². The second kappa shape index (κ2) is 7.36. The van der Waals surface area contributed by atoms with Crippen molar-refractivity contribution >= 4 is 0 Å². The highest BCUT2D eigenvalue weighted by Gasteiger charge is 2.28. The molecule has 0 N–H and O–H groups in total. The molecule has 0 aromatic carbocycles. The molecule has 3 rings (SSSR count). The fraction of sp³-hybridized carbons (Fsp3) is 0.789. The second-order valence-corrected chi connectivity index (χ2v) is 8.52. The van der Waals surface area contributed by atoms with Gasteiger partial charge >= 0.3 is 0 Å². The minimum atomic E-state index is -0.0183. The number of hydrogen-bond acceptors (Lipinski definition) is 4. The number of likely N-dealkylation sites (tertiary alicyclic amines) is 2. The van der Waals surface area contributed by atoms with Crippen molar-refractivity contribution in [3.63, 3.8) is 0 Å². The van der Waals surface area contributed by atoms with Crippen LogP contribution in [0.3, 0.4) is 0 Å². The van der Waals surface area contributed by atoms with E-state index in [-0.39, 0.29) is 11.0 Å². The first-order valence-corrected chi connectivity index (χ1v) is 9.45. The zero-order valence-electron chi connectivity index (χ0n) is 15.5. The predicted molar refractivity (Wildman–Crippen MR) is 97.4 cm³/mol. The Morgan fingerprint density at radius 1 is 1.04 bits per heavy atom. The minimum absolute atomic E-state index is 0.0183. The minimum Gasteiger partial charge on any atom is -0.302 e. The van der Waals surface area contributed by atoms with Crippen LogP contribution >= 0.6 is 0 Å². The summed E-state index contributed by atoms with van der Waals surface area (Å²) < 4.78 is 1.67. The molecule has 0 saturated carbocycles. The van der Waals surface area contributed by atoms with Crippen LogP contribution in [0.25, 0.3) is 0 Å². The van der Waals surface area contributed by atoms with E-state index in [0.717, 1.165) is 25.3 Å². The maximum absolute atomic E-state index is 12.1. The average molecular weight is 332 g/mol. The van der Waals surface area contributed by atoms with Gasteiger partial charge in [0.05, 0.1) is 12.2 Å². The quantitative estimate of drug-likeness (QED) is 0.826. The molecule has 5 nitrogen and oxygen atoms in total. The van der Waals surface area contributed by atoms with Crippen molar-refractivity contribution in [1.82, 2.24) is 19.6 Å². The normalized spacial score (nSPS) is 21.0. The van der Waals surface area contributed by atoms with Gasteiger partial charge in [0.25, 0.3) is 5.56 Å². The van der Waals surface area contributed by atoms with Gasteiger partial charge in [-0.25, -0.2) is 4.68 Å². The molecule has 134 valence electrons. The van der Waals surface area contributed by atoms with Crippen LogP contribution < -0.4 is 5.56 Å². The summed E-state index contributed by atoms with van der Waals surface area (Å²) in [5.41, 5.74) is 0.994. The summed E-state index contributed by atoms with van der Waals surface area (Å²) in [7, 11) is 0. The molecule has 0 unspecified atom stereocenters. The molecule has 3 heterocycles. The smallest absolute Gasteiger partial charge is 0.266 e. The van der Waals surface area contributed by atoms with E-state index in [2.05, 4.69) is 35.7 Å². The van der Waals surface area contributed by atoms with Crippen molar-refractivity contribution in [2.45, 2.75) is 52.0 Å². The number of rotatable bonds is 5. The van der Waals surface area contributed by atoms with E-state index in [1.807, 2.05) is 6.07 Å². The van der Waals surface area contributed by atoms with Crippen LogP contribution in [0.5, 0.6) is 0 Å². The van der Waals surface area contributed by atoms with E-state index in [9.17, 15) is 4.79 Å². The van der Waals surface area contributed by atoms with Gasteiger partial charge in [0.2, 0.25) is 0 Å². The molecular weight excluding hydrogens is 300 g/mol. The molecule has 0 atom stereocenters. The zero-order chi connectivity index (χ0) is 17.2. The van der Waals surface area contributed by atoms with Crippen molar-refractivity contribution in [2.24, 2.45) is 5.92 Å². The SMILES string of the molecule is CC(C)(C)c1ccc(=O)n(CC2CN(CCN3CCCCC3)C2)n1. The van der Waals surface area contributed by atoms with Gasteiger partial charge < -0.3 is 9.80 Å². The van der Waals surface area contributed by atoms with Crippen LogP contribution in [0.15, 0.2) is 16.9 Å². The number of aromatic nitrogens is 2. The van der Waals surface area contributed by atoms with E-state index >= 15 is 0 Å². The Morgan fingerprint density at radius 3 is 2.38 bits per heavy atom. The Bertz CT molecular complexity index is 592. The van der Waals surface area contributed by atoms with E-state index in [1.165, 1.54) is 45.4 Å². The summed E-state index contributed by atoms with van der Waals surface area (Å²) in [5, 5.41) is 4.59. The summed E-state index contributed by atoms with van der Waals surface area (Å²) >= 11 is 0. The highest BCUT2D eigenvalue weighted by Crippen LogP contribution is 2.20. The molecule has 5 heteroatoms. The van der Waals surface area contributed by atoms with Gasteiger partial charge in [-0.05, 0) is 32.0 Å². The van der Waals surface area contributed by atoms with E-state index < -0.39 is 0 Å². The lowest BCUT2D eigenvalue weighted by atomic mass is 9.92. The Morgan fingerprint density at radius 2 is 1.71 bits per heavy atom. The van der Waals surface area contributed by atoms with Crippen molar-refractivity contribution < 1.29 is 0 Å². The first kappa shape index (κ1) is 17.6. The first-order valence-electron chi connectivity index (χ1n) is 9.45. The van der Waals surface area contributed by atoms with Gasteiger partial charge in [-0.15, -0.1) is 0 Å². The molecule has 2 aliphatic rings. The summed E-state index contributed by atoms with van der Waals surface area (Å²) in [5.74, 6) is 0.562. The summed E-state index contributed by atoms with van der Waals surface area (Å²) in [6.07, 6.45) is 4.13. The predicted octanol–water partition coefficient (Wildman–Crippen LogP) is 1.96. The van der Waals surface area contributed by atoms with Crippen molar-refractivity contribution in [1.29, 1.82) is 0 Å². The molecule has 24 heavy (non-hydrogen) atoms. The maximum Gasteiger partial charge on any atom is 0.266 e. The van der Waals surface area contributed by atoms with Crippen LogP contribution in [0, 0.1) is 5.92 Å². The summed E-state index contributed by atoms with van der Waals surface area (Å²) in [4.78, 5) is 17.2. The molecule has 1 aromatic rings. The van der Waals surface area contributed by atoms with Crippen LogP contribution in [0.4, 0.5) is 0 Å². The van der Waals surface area contributed by atoms with Crippen molar-refractivity contribution in [2.75, 3.05) is 39.3 Å². The van der Waals surface area contributed by atoms with Gasteiger partial charge in [-0.3, -0.25) is 4.79 Å². The van der Waals surface area contributed by atoms with Crippen LogP contribution in [0.1, 0.15) is 45.7 Å². The van der Waals surface area contributed by atoms with Crippen molar-refractivity contribution in [3.8, 4) is 0 Å². The number of piperidine rings is 1. The van der Waals surface area contributed by atoms with Gasteiger partial charge in [-0.2, -0.15) is 5.10 Å². The van der Waals surface area contributed by atoms with Crippen LogP contribution in [-0.4, -0.2) is 58.8 Å². The highest BCUT2D eigenvalue weighted by atomic mass is 16.1. The molecule has 2 fully saturated rings. The molecule has 2 saturated heterocycles. The zero-order valence-corrected chi connectivity index (χ0v) is 15.5. The third kappa shape index (κ3) is 4.45. The first-order chi connectivity index (χ1) is 11.4. The summed E-state index contributed by atoms with van der Waals surface area (Å²) in [6.45, 7) is 14.3. The van der Waals surface area contributed by atoms with Gasteiger partial charge in [0.15, 0.2) is 0 Å². The van der Waals surface area contributed by atoms with E-state index in [1.54, 1.807) is 10.7 Å². The van der Waals surface area contributed by atoms with Gasteiger partial charge in [0.1, 0.15) is 0 Å². The Labute approximate surface area is 145 Å². The molecule has 0 amide bonds. The molecule has 0 bridgehead atoms. The monoisotopic (exact) mass is 332 g/mol. The van der Waals surface area contributed by atoms with Crippen molar-refractivity contribution in [3.05, 3.63) is 28.2 Å². The molecular formula is C19H32N4O. The lowest BCUT2D eigenvalue weighted by Gasteiger charge is -2.40. The standard InChI is InChI=1S/C19H32N4O/c1-19(2,3)17-7-8-18(24)23(20-17)15-16-13-22(14-16)12-11-21-9-5-4-6-10-21/h7-8,16H,4-6,9-15H2,1-3H3. The molecule has 0 aliphatic carbocycles. The molecule has 0 spiro atoms. The Kier molecular flexibility index (Phi) is 5.40. The maximum atomic E-state index is 12.1. The Hall–Kier alpha value is -1.20. The molecule has 2 aliphatic heterocycles. The lowest BCUT2D eigenvalue weighted by Crippen LogP contribution is -2.52. The fourth-order valence-electron chi connectivity index (χ4n) is 3.67. The lowest BCUT2D eigenvalue weighted by molar-refractivity contribution is 0.0683. The third-order valence-electron chi connectivity index (χ3n) is 5.28. The molecule has 0 radical (unpaired) electrons. The Balaban J connectivity index is 1.46. The third-order valence-corrected chi connectivity index (χ3v) is 5.28. The van der Waals surface area contributed by atoms with E-state index in [0.29, 0.717) is 5.92 Å². The fourth-order valence-corrected chi connectivity index (χ4v) is 3.67. The molecule has 1 aromatic heterocycles. The van der Waals surface area contributed by atoms with Gasteiger partial charge in [0, 0.05) is 43.6 Å². The van der Waals surface area contributed by atoms with Gasteiger partial charge in [-0.1, -0.05) is 27.2 Å².